The van der Waals surface area contributed by atoms with Gasteiger partial charge in [-0.3, -0.25) is 0 Å². The Kier molecular flexibility index (Phi) is 4.99. The molecule has 0 unspecified atom stereocenters. The smallest absolute Gasteiger partial charge is 0.0509 e. The van der Waals surface area contributed by atoms with Crippen molar-refractivity contribution in [1.29, 1.82) is 0 Å². The molecule has 0 aromatic heterocycles. The highest BCUT2D eigenvalue weighted by Crippen LogP contribution is 2.30. The molecule has 0 radical (unpaired) electrons. The number of hydrogen-bond acceptors (Lipinski definition) is 1. The molecular formula is C14H19Cl2N. The largest absolute Gasteiger partial charge is 0.371 e. The van der Waals surface area contributed by atoms with Crippen LogP contribution in [0.4, 0.5) is 5.69 Å². The summed E-state index contributed by atoms with van der Waals surface area (Å²) < 4.78 is 0. The van der Waals surface area contributed by atoms with E-state index in [1.807, 2.05) is 12.1 Å². The van der Waals surface area contributed by atoms with Crippen molar-refractivity contribution in [3.63, 3.8) is 0 Å². The molecule has 1 aliphatic rings. The highest BCUT2D eigenvalue weighted by molar-refractivity contribution is 6.32. The van der Waals surface area contributed by atoms with Crippen LogP contribution in [0.1, 0.15) is 37.7 Å². The number of alkyl halides is 1. The second kappa shape index (κ2) is 6.51. The monoisotopic (exact) mass is 271 g/mol. The molecule has 0 amide bonds. The minimum absolute atomic E-state index is 0.492. The van der Waals surface area contributed by atoms with Crippen LogP contribution in [0, 0.1) is 0 Å². The third-order valence-corrected chi connectivity index (χ3v) is 4.05. The highest BCUT2D eigenvalue weighted by Gasteiger charge is 2.14. The van der Waals surface area contributed by atoms with E-state index in [2.05, 4.69) is 11.0 Å². The zero-order chi connectivity index (χ0) is 12.1. The van der Waals surface area contributed by atoms with E-state index in [0.29, 0.717) is 5.88 Å². The summed E-state index contributed by atoms with van der Waals surface area (Å²) in [5.74, 6) is 0.492. The number of nitrogens with zero attached hydrogens (tertiary/aromatic N) is 1. The van der Waals surface area contributed by atoms with Gasteiger partial charge >= 0.3 is 0 Å². The Morgan fingerprint density at radius 2 is 1.65 bits per heavy atom. The molecule has 17 heavy (non-hydrogen) atoms. The standard InChI is InChI=1S/C14H19Cl2N/c15-11-12-13(16)7-6-8-14(12)17-9-4-2-1-3-5-10-17/h6-8H,1-5,9-11H2. The van der Waals surface area contributed by atoms with E-state index in [1.54, 1.807) is 0 Å². The van der Waals surface area contributed by atoms with Crippen LogP contribution in [0.25, 0.3) is 0 Å². The Bertz CT molecular complexity index is 357. The minimum atomic E-state index is 0.492. The van der Waals surface area contributed by atoms with E-state index < -0.39 is 0 Å². The fourth-order valence-electron chi connectivity index (χ4n) is 2.46. The number of benzene rings is 1. The van der Waals surface area contributed by atoms with Gasteiger partial charge in [0.1, 0.15) is 0 Å². The molecule has 94 valence electrons. The summed E-state index contributed by atoms with van der Waals surface area (Å²) >= 11 is 12.2. The molecule has 1 aromatic rings. The zero-order valence-corrected chi connectivity index (χ0v) is 11.6. The van der Waals surface area contributed by atoms with Gasteiger partial charge in [0.25, 0.3) is 0 Å². The highest BCUT2D eigenvalue weighted by atomic mass is 35.5. The molecule has 1 heterocycles. The molecule has 1 aliphatic heterocycles. The van der Waals surface area contributed by atoms with Gasteiger partial charge in [0.05, 0.1) is 5.88 Å². The van der Waals surface area contributed by atoms with E-state index >= 15 is 0 Å². The molecule has 0 atom stereocenters. The lowest BCUT2D eigenvalue weighted by molar-refractivity contribution is 0.556. The topological polar surface area (TPSA) is 3.24 Å². The number of hydrogen-bond donors (Lipinski definition) is 0. The first-order valence-electron chi connectivity index (χ1n) is 6.41. The van der Waals surface area contributed by atoms with Crippen molar-refractivity contribution in [1.82, 2.24) is 0 Å². The molecule has 3 heteroatoms. The predicted octanol–water partition coefficient (Wildman–Crippen LogP) is 4.85. The lowest BCUT2D eigenvalue weighted by atomic mass is 10.1. The third-order valence-electron chi connectivity index (χ3n) is 3.42. The van der Waals surface area contributed by atoms with Crippen molar-refractivity contribution in [2.75, 3.05) is 18.0 Å². The van der Waals surface area contributed by atoms with Crippen molar-refractivity contribution < 1.29 is 0 Å². The van der Waals surface area contributed by atoms with Crippen molar-refractivity contribution in [3.05, 3.63) is 28.8 Å². The summed E-state index contributed by atoms with van der Waals surface area (Å²) in [6.07, 6.45) is 6.61. The number of halogens is 2. The normalized spacial score (nSPS) is 17.6. The number of anilines is 1. The van der Waals surface area contributed by atoms with E-state index in [4.69, 9.17) is 23.2 Å². The maximum atomic E-state index is 6.21. The fraction of sp³-hybridized carbons (Fsp3) is 0.571. The van der Waals surface area contributed by atoms with E-state index in [-0.39, 0.29) is 0 Å². The summed E-state index contributed by atoms with van der Waals surface area (Å²) in [5.41, 5.74) is 2.31. The molecule has 2 rings (SSSR count). The van der Waals surface area contributed by atoms with E-state index in [0.717, 1.165) is 23.7 Å². The van der Waals surface area contributed by atoms with Crippen molar-refractivity contribution in [2.24, 2.45) is 0 Å². The van der Waals surface area contributed by atoms with Crippen LogP contribution >= 0.6 is 23.2 Å². The first-order valence-corrected chi connectivity index (χ1v) is 7.32. The van der Waals surface area contributed by atoms with Crippen molar-refractivity contribution in [3.8, 4) is 0 Å². The molecule has 1 fully saturated rings. The van der Waals surface area contributed by atoms with Crippen LogP contribution in [-0.2, 0) is 5.88 Å². The number of rotatable bonds is 2. The molecule has 0 bridgehead atoms. The summed E-state index contributed by atoms with van der Waals surface area (Å²) in [6.45, 7) is 2.26. The zero-order valence-electron chi connectivity index (χ0n) is 10.1. The summed E-state index contributed by atoms with van der Waals surface area (Å²) in [4.78, 5) is 2.45. The molecule has 1 nitrogen and oxygen atoms in total. The van der Waals surface area contributed by atoms with Crippen LogP contribution in [0.15, 0.2) is 18.2 Å². The van der Waals surface area contributed by atoms with Crippen molar-refractivity contribution in [2.45, 2.75) is 38.0 Å². The molecule has 0 spiro atoms. The Hall–Kier alpha value is -0.400. The van der Waals surface area contributed by atoms with Gasteiger partial charge in [-0.25, -0.2) is 0 Å². The van der Waals surface area contributed by atoms with Crippen molar-refractivity contribution >= 4 is 28.9 Å². The average Bonchev–Trinajstić information content (AvgIpc) is 2.28. The van der Waals surface area contributed by atoms with Gasteiger partial charge in [0, 0.05) is 29.4 Å². The lowest BCUT2D eigenvalue weighted by Gasteiger charge is -2.29. The maximum Gasteiger partial charge on any atom is 0.0509 e. The van der Waals surface area contributed by atoms with Crippen LogP contribution < -0.4 is 4.90 Å². The minimum Gasteiger partial charge on any atom is -0.371 e. The molecular weight excluding hydrogens is 253 g/mol. The molecule has 0 saturated carbocycles. The molecule has 1 saturated heterocycles. The lowest BCUT2D eigenvalue weighted by Crippen LogP contribution is -2.27. The predicted molar refractivity (Wildman–Crippen MR) is 76.3 cm³/mol. The second-order valence-corrected chi connectivity index (χ2v) is 5.30. The Balaban J connectivity index is 2.21. The first-order chi connectivity index (χ1) is 8.33. The van der Waals surface area contributed by atoms with Gasteiger partial charge in [-0.05, 0) is 25.0 Å². The molecule has 1 aromatic carbocycles. The maximum absolute atomic E-state index is 6.21. The summed E-state index contributed by atoms with van der Waals surface area (Å²) in [7, 11) is 0. The van der Waals surface area contributed by atoms with Crippen LogP contribution in [-0.4, -0.2) is 13.1 Å². The average molecular weight is 272 g/mol. The Morgan fingerprint density at radius 1 is 1.00 bits per heavy atom. The van der Waals surface area contributed by atoms with Crippen LogP contribution in [0.2, 0.25) is 5.02 Å². The van der Waals surface area contributed by atoms with E-state index in [9.17, 15) is 0 Å². The summed E-state index contributed by atoms with van der Waals surface area (Å²) in [5, 5.41) is 0.791. The fourth-order valence-corrected chi connectivity index (χ4v) is 3.05. The SMILES string of the molecule is ClCc1c(Cl)cccc1N1CCCCCCC1. The quantitative estimate of drug-likeness (QED) is 0.696. The van der Waals surface area contributed by atoms with Gasteiger partial charge in [-0.2, -0.15) is 0 Å². The molecule has 0 aliphatic carbocycles. The van der Waals surface area contributed by atoms with Gasteiger partial charge in [-0.1, -0.05) is 36.9 Å². The first kappa shape index (κ1) is 13.0. The van der Waals surface area contributed by atoms with Gasteiger partial charge in [-0.15, -0.1) is 11.6 Å². The van der Waals surface area contributed by atoms with E-state index in [1.165, 1.54) is 37.8 Å². The van der Waals surface area contributed by atoms with Crippen LogP contribution in [0.3, 0.4) is 0 Å². The summed E-state index contributed by atoms with van der Waals surface area (Å²) in [6, 6.07) is 6.09. The Morgan fingerprint density at radius 3 is 2.29 bits per heavy atom. The van der Waals surface area contributed by atoms with Gasteiger partial charge < -0.3 is 4.90 Å². The molecule has 0 N–H and O–H groups in total. The second-order valence-electron chi connectivity index (χ2n) is 4.63. The van der Waals surface area contributed by atoms with Crippen LogP contribution in [0.5, 0.6) is 0 Å². The Labute approximate surface area is 114 Å². The van der Waals surface area contributed by atoms with Gasteiger partial charge in [0.2, 0.25) is 0 Å². The third kappa shape index (κ3) is 3.29. The van der Waals surface area contributed by atoms with Gasteiger partial charge in [0.15, 0.2) is 0 Å².